The summed E-state index contributed by atoms with van der Waals surface area (Å²) in [6.07, 6.45) is 0.0505. The number of nitrogens with zero attached hydrogens (tertiary/aromatic N) is 1. The van der Waals surface area contributed by atoms with E-state index in [4.69, 9.17) is 0 Å². The first-order valence-electron chi connectivity index (χ1n) is 5.71. The Balaban J connectivity index is 1.87. The number of hydrogen-bond acceptors (Lipinski definition) is 3. The highest BCUT2D eigenvalue weighted by Crippen LogP contribution is 2.14. The topological polar surface area (TPSA) is 24.5 Å². The lowest BCUT2D eigenvalue weighted by Gasteiger charge is -2.27. The van der Waals surface area contributed by atoms with Gasteiger partial charge in [0.05, 0.1) is 0 Å². The second-order valence-corrected chi connectivity index (χ2v) is 3.98. The second kappa shape index (κ2) is 7.09. The summed E-state index contributed by atoms with van der Waals surface area (Å²) in [5.41, 5.74) is 3.19. The van der Waals surface area contributed by atoms with Crippen molar-refractivity contribution in [2.24, 2.45) is 0 Å². The molecule has 0 aromatic carbocycles. The Morgan fingerprint density at radius 2 is 1.81 bits per heavy atom. The molecule has 1 aliphatic rings. The third-order valence-corrected chi connectivity index (χ3v) is 2.42. The van der Waals surface area contributed by atoms with E-state index in [-0.39, 0.29) is 6.61 Å². The Morgan fingerprint density at radius 3 is 2.44 bits per heavy atom. The van der Waals surface area contributed by atoms with Crippen LogP contribution in [0.2, 0.25) is 0 Å². The van der Waals surface area contributed by atoms with E-state index in [2.05, 4.69) is 15.2 Å². The Kier molecular flexibility index (Phi) is 6.08. The third kappa shape index (κ3) is 7.03. The molecule has 3 nitrogen and oxygen atoms in total. The molecule has 0 radical (unpaired) electrons. The first-order chi connectivity index (χ1) is 7.58. The van der Waals surface area contributed by atoms with Gasteiger partial charge in [0.15, 0.2) is 0 Å². The molecule has 1 N–H and O–H groups in total. The third-order valence-electron chi connectivity index (χ3n) is 2.42. The van der Waals surface area contributed by atoms with Crippen LogP contribution in [0.3, 0.4) is 0 Å². The molecule has 96 valence electrons. The highest BCUT2D eigenvalue weighted by atomic mass is 19.4. The average Bonchev–Trinajstić information content (AvgIpc) is 2.23. The van der Waals surface area contributed by atoms with Gasteiger partial charge in [0.25, 0.3) is 0 Å². The number of nitrogens with one attached hydrogen (secondary N) is 1. The van der Waals surface area contributed by atoms with E-state index in [1.165, 1.54) is 19.3 Å². The van der Waals surface area contributed by atoms with Crippen LogP contribution in [0.1, 0.15) is 25.7 Å². The van der Waals surface area contributed by atoms with Crippen LogP contribution in [-0.4, -0.2) is 44.0 Å². The van der Waals surface area contributed by atoms with Crippen LogP contribution in [0.15, 0.2) is 0 Å². The summed E-state index contributed by atoms with van der Waals surface area (Å²) in [5.74, 6) is 0. The molecular weight excluding hydrogens is 221 g/mol. The standard InChI is InChI=1S/C10H19F3N2O/c11-10(12,13)9-16-8-4-5-14-15-6-2-1-3-7-15/h14H,1-9H2. The van der Waals surface area contributed by atoms with Crippen LogP contribution >= 0.6 is 0 Å². The van der Waals surface area contributed by atoms with Gasteiger partial charge in [0.1, 0.15) is 6.61 Å². The first-order valence-corrected chi connectivity index (χ1v) is 5.71. The van der Waals surface area contributed by atoms with Gasteiger partial charge in [0.2, 0.25) is 0 Å². The van der Waals surface area contributed by atoms with Gasteiger partial charge in [-0.3, -0.25) is 5.43 Å². The Labute approximate surface area is 93.9 Å². The first kappa shape index (κ1) is 13.7. The summed E-state index contributed by atoms with van der Waals surface area (Å²) < 4.78 is 39.6. The van der Waals surface area contributed by atoms with Gasteiger partial charge in [0, 0.05) is 26.2 Å². The molecule has 0 aliphatic carbocycles. The Morgan fingerprint density at radius 1 is 1.12 bits per heavy atom. The van der Waals surface area contributed by atoms with E-state index in [9.17, 15) is 13.2 Å². The van der Waals surface area contributed by atoms with Gasteiger partial charge >= 0.3 is 6.18 Å². The minimum absolute atomic E-state index is 0.153. The van der Waals surface area contributed by atoms with Crippen LogP contribution in [0.5, 0.6) is 0 Å². The Hall–Kier alpha value is -0.330. The van der Waals surface area contributed by atoms with Crippen molar-refractivity contribution in [2.75, 3.05) is 32.8 Å². The number of hydrogen-bond donors (Lipinski definition) is 1. The molecule has 0 atom stereocenters. The van der Waals surface area contributed by atoms with Crippen molar-refractivity contribution in [3.63, 3.8) is 0 Å². The van der Waals surface area contributed by atoms with Crippen LogP contribution in [-0.2, 0) is 4.74 Å². The lowest BCUT2D eigenvalue weighted by atomic mass is 10.2. The number of piperidine rings is 1. The molecule has 1 rings (SSSR count). The molecular formula is C10H19F3N2O. The maximum Gasteiger partial charge on any atom is 0.411 e. The highest BCUT2D eigenvalue weighted by molar-refractivity contribution is 4.60. The maximum absolute atomic E-state index is 11.7. The molecule has 1 heterocycles. The molecule has 0 saturated carbocycles. The number of halogens is 3. The average molecular weight is 240 g/mol. The molecule has 0 aromatic rings. The van der Waals surface area contributed by atoms with Crippen LogP contribution in [0, 0.1) is 0 Å². The fraction of sp³-hybridized carbons (Fsp3) is 1.00. The number of hydrazine groups is 1. The summed E-state index contributed by atoms with van der Waals surface area (Å²) in [6.45, 7) is 1.75. The fourth-order valence-electron chi connectivity index (χ4n) is 1.65. The predicted molar refractivity (Wildman–Crippen MR) is 54.9 cm³/mol. The van der Waals surface area contributed by atoms with Crippen molar-refractivity contribution in [1.29, 1.82) is 0 Å². The van der Waals surface area contributed by atoms with Gasteiger partial charge in [-0.1, -0.05) is 6.42 Å². The molecule has 0 unspecified atom stereocenters. The molecule has 1 fully saturated rings. The van der Waals surface area contributed by atoms with E-state index in [1.807, 2.05) is 0 Å². The van der Waals surface area contributed by atoms with Crippen molar-refractivity contribution in [2.45, 2.75) is 31.9 Å². The zero-order valence-corrected chi connectivity index (χ0v) is 9.35. The molecule has 0 spiro atoms. The molecule has 0 aromatic heterocycles. The summed E-state index contributed by atoms with van der Waals surface area (Å²) in [5, 5.41) is 2.13. The van der Waals surface area contributed by atoms with Crippen LogP contribution in [0.25, 0.3) is 0 Å². The van der Waals surface area contributed by atoms with Crippen molar-refractivity contribution in [1.82, 2.24) is 10.4 Å². The van der Waals surface area contributed by atoms with Gasteiger partial charge in [-0.15, -0.1) is 0 Å². The quantitative estimate of drug-likeness (QED) is 0.718. The lowest BCUT2D eigenvalue weighted by molar-refractivity contribution is -0.174. The van der Waals surface area contributed by atoms with Crippen molar-refractivity contribution < 1.29 is 17.9 Å². The largest absolute Gasteiger partial charge is 0.411 e. The van der Waals surface area contributed by atoms with Crippen LogP contribution < -0.4 is 5.43 Å². The number of rotatable bonds is 6. The molecule has 6 heteroatoms. The smallest absolute Gasteiger partial charge is 0.372 e. The molecule has 16 heavy (non-hydrogen) atoms. The molecule has 1 aliphatic heterocycles. The predicted octanol–water partition coefficient (Wildman–Crippen LogP) is 1.95. The van der Waals surface area contributed by atoms with Gasteiger partial charge < -0.3 is 4.74 Å². The normalized spacial score (nSPS) is 18.9. The zero-order chi connectivity index (χ0) is 11.9. The van der Waals surface area contributed by atoms with Gasteiger partial charge in [-0.25, -0.2) is 5.01 Å². The zero-order valence-electron chi connectivity index (χ0n) is 9.35. The summed E-state index contributed by atoms with van der Waals surface area (Å²) in [6, 6.07) is 0. The monoisotopic (exact) mass is 240 g/mol. The molecule has 0 amide bonds. The molecule has 0 bridgehead atoms. The Bertz CT molecular complexity index is 181. The van der Waals surface area contributed by atoms with Crippen LogP contribution in [0.4, 0.5) is 13.2 Å². The number of alkyl halides is 3. The summed E-state index contributed by atoms with van der Waals surface area (Å²) >= 11 is 0. The summed E-state index contributed by atoms with van der Waals surface area (Å²) in [4.78, 5) is 0. The van der Waals surface area contributed by atoms with E-state index in [0.29, 0.717) is 13.0 Å². The minimum atomic E-state index is -4.21. The van der Waals surface area contributed by atoms with Crippen molar-refractivity contribution in [3.8, 4) is 0 Å². The number of ether oxygens (including phenoxy) is 1. The van der Waals surface area contributed by atoms with Crippen molar-refractivity contribution in [3.05, 3.63) is 0 Å². The molecule has 1 saturated heterocycles. The minimum Gasteiger partial charge on any atom is -0.372 e. The highest BCUT2D eigenvalue weighted by Gasteiger charge is 2.27. The van der Waals surface area contributed by atoms with E-state index in [0.717, 1.165) is 13.1 Å². The van der Waals surface area contributed by atoms with E-state index >= 15 is 0 Å². The fourth-order valence-corrected chi connectivity index (χ4v) is 1.65. The van der Waals surface area contributed by atoms with E-state index in [1.54, 1.807) is 0 Å². The second-order valence-electron chi connectivity index (χ2n) is 3.98. The SMILES string of the molecule is FC(F)(F)COCCCNN1CCCCC1. The van der Waals surface area contributed by atoms with Gasteiger partial charge in [-0.2, -0.15) is 13.2 Å². The van der Waals surface area contributed by atoms with Crippen molar-refractivity contribution >= 4 is 0 Å². The van der Waals surface area contributed by atoms with E-state index < -0.39 is 12.8 Å². The maximum atomic E-state index is 11.7. The van der Waals surface area contributed by atoms with Gasteiger partial charge in [-0.05, 0) is 19.3 Å². The summed E-state index contributed by atoms with van der Waals surface area (Å²) in [7, 11) is 0. The lowest BCUT2D eigenvalue weighted by Crippen LogP contribution is -2.42.